The molecule has 0 unspecified atom stereocenters. The fourth-order valence-corrected chi connectivity index (χ4v) is 1.81. The van der Waals surface area contributed by atoms with Gasteiger partial charge in [0.1, 0.15) is 5.75 Å². The van der Waals surface area contributed by atoms with Gasteiger partial charge >= 0.3 is 0 Å². The molecule has 0 saturated carbocycles. The Kier molecular flexibility index (Phi) is 3.94. The Labute approximate surface area is 111 Å². The summed E-state index contributed by atoms with van der Waals surface area (Å²) < 4.78 is 6.93. The second-order valence-corrected chi connectivity index (χ2v) is 3.98. The summed E-state index contributed by atoms with van der Waals surface area (Å²) in [6.07, 6.45) is 3.55. The van der Waals surface area contributed by atoms with E-state index in [1.54, 1.807) is 23.0 Å². The van der Waals surface area contributed by atoms with Crippen LogP contribution in [-0.4, -0.2) is 29.2 Å². The number of benzene rings is 1. The third-order valence-corrected chi connectivity index (χ3v) is 2.69. The zero-order valence-corrected chi connectivity index (χ0v) is 10.5. The van der Waals surface area contributed by atoms with Crippen molar-refractivity contribution in [3.8, 4) is 5.75 Å². The molecule has 0 bridgehead atoms. The van der Waals surface area contributed by atoms with Gasteiger partial charge in [-0.15, -0.1) is 0 Å². The van der Waals surface area contributed by atoms with Crippen LogP contribution < -0.4 is 4.74 Å². The van der Waals surface area contributed by atoms with Crippen LogP contribution in [0.3, 0.4) is 0 Å². The molecular formula is C14H13N3O2. The van der Waals surface area contributed by atoms with Gasteiger partial charge in [-0.25, -0.2) is 6.57 Å². The lowest BCUT2D eigenvalue weighted by Gasteiger charge is -2.08. The molecule has 0 atom stereocenters. The summed E-state index contributed by atoms with van der Waals surface area (Å²) >= 11 is 0. The van der Waals surface area contributed by atoms with Gasteiger partial charge in [0.05, 0.1) is 19.2 Å². The van der Waals surface area contributed by atoms with Crippen LogP contribution in [0.5, 0.6) is 5.75 Å². The highest BCUT2D eigenvalue weighted by atomic mass is 16.5. The maximum Gasteiger partial charge on any atom is 0.276 e. The van der Waals surface area contributed by atoms with Crippen molar-refractivity contribution in [2.24, 2.45) is 0 Å². The molecule has 0 amide bonds. The molecule has 0 aliphatic carbocycles. The lowest BCUT2D eigenvalue weighted by atomic mass is 10.1. The molecule has 5 heteroatoms. The summed E-state index contributed by atoms with van der Waals surface area (Å²) in [6, 6.07) is 7.23. The third-order valence-electron chi connectivity index (χ3n) is 2.69. The molecule has 5 nitrogen and oxygen atoms in total. The first-order valence-electron chi connectivity index (χ1n) is 5.75. The minimum Gasteiger partial charge on any atom is -0.496 e. The number of hydrogen-bond acceptors (Lipinski definition) is 3. The van der Waals surface area contributed by atoms with Gasteiger partial charge in [0, 0.05) is 12.4 Å². The van der Waals surface area contributed by atoms with Gasteiger partial charge in [0.15, 0.2) is 0 Å². The lowest BCUT2D eigenvalue weighted by Crippen LogP contribution is -2.07. The number of carbonyl (C=O) groups excluding carboxylic acids is 1. The Balaban J connectivity index is 2.30. The standard InChI is InChI=1S/C14H13N3O2/c1-15-9-13(18)12-8-11(4-5-14(12)19-2)10-17-7-3-6-16-17/h3-8H,9-10H2,2H3. The van der Waals surface area contributed by atoms with Crippen LogP contribution in [0.4, 0.5) is 0 Å². The molecule has 0 radical (unpaired) electrons. The number of hydrogen-bond donors (Lipinski definition) is 0. The van der Waals surface area contributed by atoms with Gasteiger partial charge in [0.2, 0.25) is 5.78 Å². The average Bonchev–Trinajstić information content (AvgIpc) is 2.92. The highest BCUT2D eigenvalue weighted by Crippen LogP contribution is 2.21. The monoisotopic (exact) mass is 255 g/mol. The number of carbonyl (C=O) groups is 1. The number of Topliss-reactive ketones (excluding diaryl/α,β-unsaturated/α-hetero) is 1. The summed E-state index contributed by atoms with van der Waals surface area (Å²) in [7, 11) is 1.51. The SMILES string of the molecule is [C-]#[N+]CC(=O)c1cc(Cn2cccn2)ccc1OC. The Bertz CT molecular complexity index is 612. The zero-order valence-electron chi connectivity index (χ0n) is 10.5. The predicted octanol–water partition coefficient (Wildman–Crippen LogP) is 2.04. The van der Waals surface area contributed by atoms with Gasteiger partial charge in [-0.05, 0) is 23.8 Å². The van der Waals surface area contributed by atoms with Crippen molar-refractivity contribution in [3.63, 3.8) is 0 Å². The first kappa shape index (κ1) is 12.8. The van der Waals surface area contributed by atoms with E-state index in [-0.39, 0.29) is 12.3 Å². The minimum absolute atomic E-state index is 0.165. The van der Waals surface area contributed by atoms with Crippen LogP contribution in [0.2, 0.25) is 0 Å². The van der Waals surface area contributed by atoms with Crippen molar-refractivity contribution in [1.82, 2.24) is 9.78 Å². The van der Waals surface area contributed by atoms with Crippen molar-refractivity contribution in [3.05, 3.63) is 59.2 Å². The molecule has 1 aromatic heterocycles. The number of methoxy groups -OCH3 is 1. The maximum atomic E-state index is 11.9. The van der Waals surface area contributed by atoms with Gasteiger partial charge in [0.25, 0.3) is 6.54 Å². The van der Waals surface area contributed by atoms with Crippen molar-refractivity contribution in [2.45, 2.75) is 6.54 Å². The molecular weight excluding hydrogens is 242 g/mol. The van der Waals surface area contributed by atoms with Crippen molar-refractivity contribution < 1.29 is 9.53 Å². The number of ether oxygens (including phenoxy) is 1. The highest BCUT2D eigenvalue weighted by Gasteiger charge is 2.15. The molecule has 0 aliphatic heterocycles. The maximum absolute atomic E-state index is 11.9. The Hall–Kier alpha value is -2.61. The van der Waals surface area contributed by atoms with E-state index in [9.17, 15) is 4.79 Å². The predicted molar refractivity (Wildman–Crippen MR) is 70.1 cm³/mol. The van der Waals surface area contributed by atoms with E-state index in [1.807, 2.05) is 18.3 Å². The molecule has 0 N–H and O–H groups in total. The van der Waals surface area contributed by atoms with Crippen molar-refractivity contribution in [1.29, 1.82) is 0 Å². The second kappa shape index (κ2) is 5.83. The Morgan fingerprint density at radius 2 is 2.37 bits per heavy atom. The number of ketones is 1. The minimum atomic E-state index is -0.228. The first-order chi connectivity index (χ1) is 9.24. The molecule has 1 aromatic carbocycles. The molecule has 1 heterocycles. The third kappa shape index (κ3) is 2.99. The molecule has 0 aliphatic rings. The summed E-state index contributed by atoms with van der Waals surface area (Å²) in [5, 5.41) is 4.12. The van der Waals surface area contributed by atoms with E-state index in [0.717, 1.165) is 5.56 Å². The fourth-order valence-electron chi connectivity index (χ4n) is 1.81. The normalized spacial score (nSPS) is 9.89. The summed E-state index contributed by atoms with van der Waals surface area (Å²) in [4.78, 5) is 15.0. The number of nitrogens with zero attached hydrogens (tertiary/aromatic N) is 3. The zero-order chi connectivity index (χ0) is 13.7. The van der Waals surface area contributed by atoms with Crippen LogP contribution in [0, 0.1) is 6.57 Å². The smallest absolute Gasteiger partial charge is 0.276 e. The van der Waals surface area contributed by atoms with Crippen LogP contribution in [0.25, 0.3) is 4.85 Å². The number of rotatable bonds is 5. The molecule has 0 fully saturated rings. The number of aromatic nitrogens is 2. The molecule has 0 spiro atoms. The van der Waals surface area contributed by atoms with Gasteiger partial charge < -0.3 is 9.58 Å². The van der Waals surface area contributed by atoms with E-state index in [1.165, 1.54) is 7.11 Å². The van der Waals surface area contributed by atoms with Crippen LogP contribution in [0.15, 0.2) is 36.7 Å². The van der Waals surface area contributed by atoms with E-state index in [0.29, 0.717) is 17.9 Å². The highest BCUT2D eigenvalue weighted by molar-refractivity contribution is 6.01. The van der Waals surface area contributed by atoms with Crippen LogP contribution >= 0.6 is 0 Å². The fraction of sp³-hybridized carbons (Fsp3) is 0.214. The van der Waals surface area contributed by atoms with E-state index in [2.05, 4.69) is 9.94 Å². The van der Waals surface area contributed by atoms with Gasteiger partial charge in [-0.1, -0.05) is 6.07 Å². The van der Waals surface area contributed by atoms with Crippen LogP contribution in [0.1, 0.15) is 15.9 Å². The molecule has 19 heavy (non-hydrogen) atoms. The van der Waals surface area contributed by atoms with Crippen molar-refractivity contribution >= 4 is 5.78 Å². The summed E-state index contributed by atoms with van der Waals surface area (Å²) in [5.74, 6) is 0.270. The largest absolute Gasteiger partial charge is 0.496 e. The average molecular weight is 255 g/mol. The Morgan fingerprint density at radius 3 is 3.00 bits per heavy atom. The van der Waals surface area contributed by atoms with E-state index in [4.69, 9.17) is 11.3 Å². The van der Waals surface area contributed by atoms with Gasteiger partial charge in [-0.2, -0.15) is 5.10 Å². The van der Waals surface area contributed by atoms with Crippen LogP contribution in [-0.2, 0) is 6.54 Å². The summed E-state index contributed by atoms with van der Waals surface area (Å²) in [5.41, 5.74) is 1.39. The molecule has 96 valence electrons. The molecule has 2 rings (SSSR count). The van der Waals surface area contributed by atoms with E-state index < -0.39 is 0 Å². The quantitative estimate of drug-likeness (QED) is 0.607. The summed E-state index contributed by atoms with van der Waals surface area (Å²) in [6.45, 7) is 7.18. The second-order valence-electron chi connectivity index (χ2n) is 3.98. The lowest BCUT2D eigenvalue weighted by molar-refractivity contribution is 0.101. The van der Waals surface area contributed by atoms with Crippen molar-refractivity contribution in [2.75, 3.05) is 13.7 Å². The topological polar surface area (TPSA) is 48.5 Å². The van der Waals surface area contributed by atoms with Gasteiger partial charge in [-0.3, -0.25) is 9.48 Å². The Morgan fingerprint density at radius 1 is 1.53 bits per heavy atom. The first-order valence-corrected chi connectivity index (χ1v) is 5.75. The van der Waals surface area contributed by atoms with E-state index >= 15 is 0 Å². The molecule has 2 aromatic rings. The molecule has 0 saturated heterocycles.